The van der Waals surface area contributed by atoms with Crippen LogP contribution in [0.3, 0.4) is 0 Å². The lowest BCUT2D eigenvalue weighted by Crippen LogP contribution is -2.50. The van der Waals surface area contributed by atoms with Crippen molar-refractivity contribution in [2.75, 3.05) is 6.61 Å². The fourth-order valence-corrected chi connectivity index (χ4v) is 2.87. The van der Waals surface area contributed by atoms with Gasteiger partial charge in [0.1, 0.15) is 17.1 Å². The molecule has 1 fully saturated rings. The monoisotopic (exact) mass is 339 g/mol. The second-order valence-corrected chi connectivity index (χ2v) is 7.53. The van der Waals surface area contributed by atoms with E-state index in [4.69, 9.17) is 9.47 Å². The van der Waals surface area contributed by atoms with Crippen LogP contribution in [0.25, 0.3) is 0 Å². The lowest BCUT2D eigenvalue weighted by atomic mass is 10.0. The van der Waals surface area contributed by atoms with Crippen LogP contribution in [0.2, 0.25) is 0 Å². The summed E-state index contributed by atoms with van der Waals surface area (Å²) in [5, 5.41) is 10.4. The second-order valence-electron chi connectivity index (χ2n) is 7.53. The van der Waals surface area contributed by atoms with Crippen LogP contribution in [0, 0.1) is 5.82 Å². The smallest absolute Gasteiger partial charge is 0.412 e. The van der Waals surface area contributed by atoms with E-state index in [-0.39, 0.29) is 18.6 Å². The number of halogens is 1. The molecule has 134 valence electrons. The van der Waals surface area contributed by atoms with E-state index in [2.05, 4.69) is 0 Å². The molecule has 0 aliphatic carbocycles. The summed E-state index contributed by atoms with van der Waals surface area (Å²) in [5.74, 6) is -0.466. The summed E-state index contributed by atoms with van der Waals surface area (Å²) >= 11 is 0. The van der Waals surface area contributed by atoms with Gasteiger partial charge in [0, 0.05) is 12.0 Å². The largest absolute Gasteiger partial charge is 0.444 e. The number of benzene rings is 1. The minimum absolute atomic E-state index is 0.170. The molecular weight excluding hydrogens is 313 g/mol. The Morgan fingerprint density at radius 2 is 2.08 bits per heavy atom. The van der Waals surface area contributed by atoms with Crippen molar-refractivity contribution in [3.63, 3.8) is 0 Å². The molecule has 1 N–H and O–H groups in total. The quantitative estimate of drug-likeness (QED) is 0.914. The topological polar surface area (TPSA) is 59.0 Å². The van der Waals surface area contributed by atoms with Crippen LogP contribution in [0.15, 0.2) is 24.3 Å². The highest BCUT2D eigenvalue weighted by Gasteiger charge is 2.46. The molecule has 2 atom stereocenters. The number of hydrogen-bond acceptors (Lipinski definition) is 4. The first-order valence-corrected chi connectivity index (χ1v) is 8.10. The summed E-state index contributed by atoms with van der Waals surface area (Å²) < 4.78 is 25.0. The SMILES string of the molecule is CC(C)(C)OC(=O)N1[C@@H](C[C@@H](O)c2ccccc2F)COC1(C)C. The molecular formula is C18H26FNO4. The maximum atomic E-state index is 13.8. The normalized spacial score (nSPS) is 21.6. The molecule has 0 unspecified atom stereocenters. The number of aliphatic hydroxyl groups is 1. The molecule has 5 nitrogen and oxygen atoms in total. The average Bonchev–Trinajstić information content (AvgIpc) is 2.72. The summed E-state index contributed by atoms with van der Waals surface area (Å²) in [6.07, 6.45) is -1.36. The van der Waals surface area contributed by atoms with Crippen LogP contribution in [0.5, 0.6) is 0 Å². The van der Waals surface area contributed by atoms with Gasteiger partial charge < -0.3 is 14.6 Å². The highest BCUT2D eigenvalue weighted by Crippen LogP contribution is 2.34. The molecule has 0 saturated carbocycles. The minimum Gasteiger partial charge on any atom is -0.444 e. The predicted octanol–water partition coefficient (Wildman–Crippen LogP) is 3.62. The lowest BCUT2D eigenvalue weighted by molar-refractivity contribution is -0.0637. The molecule has 0 spiro atoms. The van der Waals surface area contributed by atoms with Crippen LogP contribution in [0.1, 0.15) is 52.7 Å². The van der Waals surface area contributed by atoms with Crippen LogP contribution in [-0.4, -0.2) is 40.1 Å². The first kappa shape index (κ1) is 18.7. The van der Waals surface area contributed by atoms with E-state index in [0.717, 1.165) is 0 Å². The minimum atomic E-state index is -1.03. The van der Waals surface area contributed by atoms with Gasteiger partial charge in [-0.3, -0.25) is 4.90 Å². The van der Waals surface area contributed by atoms with E-state index < -0.39 is 35.4 Å². The number of hydrogen-bond donors (Lipinski definition) is 1. The van der Waals surface area contributed by atoms with Gasteiger partial charge in [-0.1, -0.05) is 18.2 Å². The Hall–Kier alpha value is -1.66. The molecule has 1 aliphatic heterocycles. The average molecular weight is 339 g/mol. The zero-order valence-corrected chi connectivity index (χ0v) is 14.9. The molecule has 24 heavy (non-hydrogen) atoms. The van der Waals surface area contributed by atoms with Crippen molar-refractivity contribution in [1.29, 1.82) is 0 Å². The molecule has 0 aromatic heterocycles. The lowest BCUT2D eigenvalue weighted by Gasteiger charge is -2.35. The number of aliphatic hydroxyl groups excluding tert-OH is 1. The van der Waals surface area contributed by atoms with Crippen molar-refractivity contribution in [2.24, 2.45) is 0 Å². The van der Waals surface area contributed by atoms with Crippen molar-refractivity contribution >= 4 is 6.09 Å². The Bertz CT molecular complexity index is 597. The van der Waals surface area contributed by atoms with Crippen LogP contribution >= 0.6 is 0 Å². The number of carbonyl (C=O) groups is 1. The maximum absolute atomic E-state index is 13.8. The number of nitrogens with zero attached hydrogens (tertiary/aromatic N) is 1. The summed E-state index contributed by atoms with van der Waals surface area (Å²) in [6.45, 7) is 9.17. The summed E-state index contributed by atoms with van der Waals surface area (Å²) in [7, 11) is 0. The fraction of sp³-hybridized carbons (Fsp3) is 0.611. The van der Waals surface area contributed by atoms with Crippen LogP contribution in [0.4, 0.5) is 9.18 Å². The third-order valence-electron chi connectivity index (χ3n) is 3.92. The molecule has 6 heteroatoms. The molecule has 1 amide bonds. The summed E-state index contributed by atoms with van der Waals surface area (Å²) in [6, 6.07) is 5.69. The van der Waals surface area contributed by atoms with Gasteiger partial charge in [0.15, 0.2) is 0 Å². The molecule has 1 aromatic carbocycles. The van der Waals surface area contributed by atoms with Crippen molar-refractivity contribution in [3.05, 3.63) is 35.6 Å². The molecule has 0 bridgehead atoms. The van der Waals surface area contributed by atoms with Gasteiger partial charge in [0.25, 0.3) is 0 Å². The van der Waals surface area contributed by atoms with E-state index in [0.29, 0.717) is 0 Å². The van der Waals surface area contributed by atoms with E-state index >= 15 is 0 Å². The van der Waals surface area contributed by atoms with Crippen molar-refractivity contribution < 1.29 is 23.8 Å². The van der Waals surface area contributed by atoms with Gasteiger partial charge in [-0.05, 0) is 40.7 Å². The van der Waals surface area contributed by atoms with Crippen LogP contribution < -0.4 is 0 Å². The Morgan fingerprint density at radius 3 is 2.67 bits per heavy atom. The van der Waals surface area contributed by atoms with E-state index in [1.54, 1.807) is 52.8 Å². The molecule has 2 rings (SSSR count). The van der Waals surface area contributed by atoms with Crippen molar-refractivity contribution in [3.8, 4) is 0 Å². The molecule has 1 saturated heterocycles. The molecule has 1 heterocycles. The number of amides is 1. The van der Waals surface area contributed by atoms with Gasteiger partial charge in [0.05, 0.1) is 18.8 Å². The third-order valence-corrected chi connectivity index (χ3v) is 3.92. The third kappa shape index (κ3) is 4.24. The first-order chi connectivity index (χ1) is 11.0. The van der Waals surface area contributed by atoms with Gasteiger partial charge in [-0.25, -0.2) is 9.18 Å². The first-order valence-electron chi connectivity index (χ1n) is 8.10. The highest BCUT2D eigenvalue weighted by atomic mass is 19.1. The highest BCUT2D eigenvalue weighted by molar-refractivity contribution is 5.69. The van der Waals surface area contributed by atoms with E-state index in [1.165, 1.54) is 11.0 Å². The molecule has 1 aromatic rings. The predicted molar refractivity (Wildman–Crippen MR) is 87.9 cm³/mol. The van der Waals surface area contributed by atoms with Crippen LogP contribution in [-0.2, 0) is 9.47 Å². The zero-order chi connectivity index (χ0) is 18.1. The summed E-state index contributed by atoms with van der Waals surface area (Å²) in [4.78, 5) is 14.0. The van der Waals surface area contributed by atoms with Crippen molar-refractivity contribution in [2.45, 2.75) is 64.5 Å². The Balaban J connectivity index is 2.16. The van der Waals surface area contributed by atoms with Gasteiger partial charge in [-0.2, -0.15) is 0 Å². The van der Waals surface area contributed by atoms with E-state index in [1.807, 2.05) is 0 Å². The molecule has 1 aliphatic rings. The Labute approximate surface area is 142 Å². The Kier molecular flexibility index (Phi) is 5.20. The standard InChI is InChI=1S/C18H26FNO4/c1-17(2,3)24-16(22)20-12(11-23-18(20,4)5)10-15(21)13-8-6-7-9-14(13)19/h6-9,12,15,21H,10-11H2,1-5H3/t12-,15+/m0/s1. The number of ether oxygens (including phenoxy) is 2. The molecule has 0 radical (unpaired) electrons. The fourth-order valence-electron chi connectivity index (χ4n) is 2.87. The maximum Gasteiger partial charge on any atom is 0.412 e. The Morgan fingerprint density at radius 1 is 1.46 bits per heavy atom. The number of rotatable bonds is 3. The van der Waals surface area contributed by atoms with Gasteiger partial charge in [0.2, 0.25) is 0 Å². The van der Waals surface area contributed by atoms with E-state index in [9.17, 15) is 14.3 Å². The van der Waals surface area contributed by atoms with Gasteiger partial charge >= 0.3 is 6.09 Å². The zero-order valence-electron chi connectivity index (χ0n) is 14.9. The van der Waals surface area contributed by atoms with Gasteiger partial charge in [-0.15, -0.1) is 0 Å². The van der Waals surface area contributed by atoms with Crippen molar-refractivity contribution in [1.82, 2.24) is 4.90 Å². The second kappa shape index (κ2) is 6.69. The summed E-state index contributed by atoms with van der Waals surface area (Å²) in [5.41, 5.74) is -1.27. The number of carbonyl (C=O) groups excluding carboxylic acids is 1.